The molecule has 0 bridgehead atoms. The fraction of sp³-hybridized carbons (Fsp3) is 0.353. The molecule has 5 rings (SSSR count). The number of ether oxygens (including phenoxy) is 2. The number of rotatable bonds is 4. The molecule has 36 heavy (non-hydrogen) atoms. The molecule has 0 N–H and O–H groups in total. The third-order valence-electron chi connectivity index (χ3n) is 7.63. The summed E-state index contributed by atoms with van der Waals surface area (Å²) in [7, 11) is 3.52. The lowest BCUT2D eigenvalue weighted by Gasteiger charge is -2.24. The van der Waals surface area contributed by atoms with Crippen LogP contribution in [0.4, 0.5) is 0 Å². The molecule has 186 valence electrons. The Morgan fingerprint density at radius 1 is 0.528 bits per heavy atom. The van der Waals surface area contributed by atoms with Crippen molar-refractivity contribution in [1.82, 2.24) is 0 Å². The van der Waals surface area contributed by atoms with Crippen LogP contribution in [-0.2, 0) is 23.7 Å². The molecule has 0 aliphatic heterocycles. The SMILES string of the molecule is COc1ccc(-c2ccc3c4c(ccc(-c5ccc(OC)c(C(C)(C)C)c5)c24)CC3)cc1C(C)(C)C. The predicted octanol–water partition coefficient (Wildman–Crippen LogP) is 8.88. The zero-order chi connectivity index (χ0) is 25.8. The Labute approximate surface area is 216 Å². The monoisotopic (exact) mass is 478 g/mol. The summed E-state index contributed by atoms with van der Waals surface area (Å²) in [6, 6.07) is 22.7. The van der Waals surface area contributed by atoms with Gasteiger partial charge in [0, 0.05) is 11.1 Å². The highest BCUT2D eigenvalue weighted by Gasteiger charge is 2.25. The zero-order valence-electron chi connectivity index (χ0n) is 23.0. The molecule has 1 aliphatic rings. The number of hydrogen-bond donors (Lipinski definition) is 0. The summed E-state index contributed by atoms with van der Waals surface area (Å²) in [5.41, 5.74) is 10.4. The summed E-state index contributed by atoms with van der Waals surface area (Å²) in [5, 5.41) is 2.80. The van der Waals surface area contributed by atoms with E-state index in [1.165, 1.54) is 55.3 Å². The third kappa shape index (κ3) is 4.07. The zero-order valence-corrected chi connectivity index (χ0v) is 23.0. The molecule has 0 atom stereocenters. The first-order valence-electron chi connectivity index (χ1n) is 13.0. The van der Waals surface area contributed by atoms with Crippen LogP contribution in [0, 0.1) is 0 Å². The maximum atomic E-state index is 5.75. The van der Waals surface area contributed by atoms with Crippen LogP contribution in [0.15, 0.2) is 60.7 Å². The average molecular weight is 479 g/mol. The van der Waals surface area contributed by atoms with Gasteiger partial charge >= 0.3 is 0 Å². The minimum atomic E-state index is -0.0172. The highest BCUT2D eigenvalue weighted by molar-refractivity contribution is 6.10. The predicted molar refractivity (Wildman–Crippen MR) is 153 cm³/mol. The van der Waals surface area contributed by atoms with E-state index in [4.69, 9.17) is 9.47 Å². The minimum Gasteiger partial charge on any atom is -0.496 e. The fourth-order valence-corrected chi connectivity index (χ4v) is 5.73. The van der Waals surface area contributed by atoms with E-state index in [1.807, 2.05) is 0 Å². The van der Waals surface area contributed by atoms with Crippen LogP contribution < -0.4 is 9.47 Å². The topological polar surface area (TPSA) is 18.5 Å². The Bertz CT molecular complexity index is 1350. The van der Waals surface area contributed by atoms with Gasteiger partial charge in [0.2, 0.25) is 0 Å². The van der Waals surface area contributed by atoms with E-state index in [2.05, 4.69) is 102 Å². The molecule has 0 radical (unpaired) electrons. The van der Waals surface area contributed by atoms with Gasteiger partial charge in [-0.25, -0.2) is 0 Å². The van der Waals surface area contributed by atoms with Gasteiger partial charge in [0.1, 0.15) is 11.5 Å². The Balaban J connectivity index is 1.82. The van der Waals surface area contributed by atoms with Gasteiger partial charge in [-0.15, -0.1) is 0 Å². The lowest BCUT2D eigenvalue weighted by atomic mass is 9.82. The molecule has 0 saturated heterocycles. The molecule has 0 aromatic heterocycles. The van der Waals surface area contributed by atoms with E-state index in [-0.39, 0.29) is 10.8 Å². The van der Waals surface area contributed by atoms with E-state index >= 15 is 0 Å². The van der Waals surface area contributed by atoms with Crippen LogP contribution in [0.1, 0.15) is 63.8 Å². The molecule has 0 saturated carbocycles. The maximum absolute atomic E-state index is 5.75. The second-order valence-electron chi connectivity index (χ2n) is 12.1. The molecule has 0 heterocycles. The third-order valence-corrected chi connectivity index (χ3v) is 7.63. The lowest BCUT2D eigenvalue weighted by Crippen LogP contribution is -2.13. The first-order valence-corrected chi connectivity index (χ1v) is 13.0. The Morgan fingerprint density at radius 3 is 1.31 bits per heavy atom. The van der Waals surface area contributed by atoms with Crippen molar-refractivity contribution in [3.63, 3.8) is 0 Å². The molecular formula is C34H38O2. The van der Waals surface area contributed by atoms with Crippen molar-refractivity contribution in [3.8, 4) is 33.8 Å². The molecule has 1 aliphatic carbocycles. The van der Waals surface area contributed by atoms with Crippen molar-refractivity contribution in [2.45, 2.75) is 65.2 Å². The van der Waals surface area contributed by atoms with E-state index in [0.29, 0.717) is 0 Å². The van der Waals surface area contributed by atoms with Crippen LogP contribution in [0.5, 0.6) is 11.5 Å². The quantitative estimate of drug-likeness (QED) is 0.291. The van der Waals surface area contributed by atoms with Crippen LogP contribution in [-0.4, -0.2) is 14.2 Å². The second kappa shape index (κ2) is 8.69. The van der Waals surface area contributed by atoms with Gasteiger partial charge in [0.05, 0.1) is 14.2 Å². The summed E-state index contributed by atoms with van der Waals surface area (Å²) in [4.78, 5) is 0. The first kappa shape index (κ1) is 24.4. The molecule has 0 fully saturated rings. The lowest BCUT2D eigenvalue weighted by molar-refractivity contribution is 0.397. The van der Waals surface area contributed by atoms with Gasteiger partial charge in [-0.05, 0) is 92.1 Å². The van der Waals surface area contributed by atoms with Crippen molar-refractivity contribution >= 4 is 10.8 Å². The molecule has 4 aromatic carbocycles. The normalized spacial score (nSPS) is 13.3. The second-order valence-corrected chi connectivity index (χ2v) is 12.1. The summed E-state index contributed by atoms with van der Waals surface area (Å²) >= 11 is 0. The smallest absolute Gasteiger partial charge is 0.122 e. The van der Waals surface area contributed by atoms with E-state index < -0.39 is 0 Å². The van der Waals surface area contributed by atoms with Gasteiger partial charge in [0.15, 0.2) is 0 Å². The standard InChI is InChI=1S/C34H38O2/c1-33(2,3)27-19-23(13-17-29(27)35-7)25-15-11-21-9-10-22-12-16-26(32(25)31(21)22)24-14-18-30(36-8)28(20-24)34(4,5)6/h11-20H,9-10H2,1-8H3. The molecule has 0 amide bonds. The Kier molecular flexibility index (Phi) is 5.90. The molecule has 2 nitrogen and oxygen atoms in total. The molecule has 2 heteroatoms. The van der Waals surface area contributed by atoms with E-state index in [0.717, 1.165) is 24.3 Å². The number of hydrogen-bond acceptors (Lipinski definition) is 2. The van der Waals surface area contributed by atoms with Gasteiger partial charge in [-0.3, -0.25) is 0 Å². The first-order chi connectivity index (χ1) is 17.0. The van der Waals surface area contributed by atoms with Crippen molar-refractivity contribution in [2.75, 3.05) is 14.2 Å². The van der Waals surface area contributed by atoms with E-state index in [9.17, 15) is 0 Å². The van der Waals surface area contributed by atoms with Gasteiger partial charge in [-0.1, -0.05) is 77.9 Å². The number of aryl methyl sites for hydroxylation is 2. The average Bonchev–Trinajstić information content (AvgIpc) is 3.27. The van der Waals surface area contributed by atoms with Crippen LogP contribution in [0.25, 0.3) is 33.0 Å². The molecule has 4 aromatic rings. The Morgan fingerprint density at radius 2 is 0.944 bits per heavy atom. The summed E-state index contributed by atoms with van der Waals surface area (Å²) in [6.07, 6.45) is 2.22. The highest BCUT2D eigenvalue weighted by Crippen LogP contribution is 2.45. The highest BCUT2D eigenvalue weighted by atomic mass is 16.5. The van der Waals surface area contributed by atoms with Gasteiger partial charge < -0.3 is 9.47 Å². The molecular weight excluding hydrogens is 440 g/mol. The number of benzene rings is 4. The van der Waals surface area contributed by atoms with Gasteiger partial charge in [0.25, 0.3) is 0 Å². The Hall–Kier alpha value is -3.26. The van der Waals surface area contributed by atoms with Crippen LogP contribution >= 0.6 is 0 Å². The largest absolute Gasteiger partial charge is 0.496 e. The van der Waals surface area contributed by atoms with Crippen molar-refractivity contribution in [2.24, 2.45) is 0 Å². The molecule has 0 unspecified atom stereocenters. The fourth-order valence-electron chi connectivity index (χ4n) is 5.73. The van der Waals surface area contributed by atoms with Crippen molar-refractivity contribution in [1.29, 1.82) is 0 Å². The summed E-state index contributed by atoms with van der Waals surface area (Å²) < 4.78 is 11.5. The summed E-state index contributed by atoms with van der Waals surface area (Å²) in [6.45, 7) is 13.5. The molecule has 0 spiro atoms. The van der Waals surface area contributed by atoms with Gasteiger partial charge in [-0.2, -0.15) is 0 Å². The van der Waals surface area contributed by atoms with Crippen LogP contribution in [0.2, 0.25) is 0 Å². The van der Waals surface area contributed by atoms with E-state index in [1.54, 1.807) is 14.2 Å². The van der Waals surface area contributed by atoms with Crippen LogP contribution in [0.3, 0.4) is 0 Å². The minimum absolute atomic E-state index is 0.0172. The van der Waals surface area contributed by atoms with Crippen molar-refractivity contribution in [3.05, 3.63) is 82.9 Å². The number of methoxy groups -OCH3 is 2. The maximum Gasteiger partial charge on any atom is 0.122 e. The van der Waals surface area contributed by atoms with Crippen molar-refractivity contribution < 1.29 is 9.47 Å². The summed E-state index contributed by atoms with van der Waals surface area (Å²) in [5.74, 6) is 1.89.